The molecule has 0 aliphatic carbocycles. The van der Waals surface area contributed by atoms with Crippen molar-refractivity contribution >= 4 is 15.9 Å². The zero-order valence-electron chi connectivity index (χ0n) is 10.8. The Kier molecular flexibility index (Phi) is 3.95. The van der Waals surface area contributed by atoms with Gasteiger partial charge in [0.15, 0.2) is 0 Å². The fourth-order valence-corrected chi connectivity index (χ4v) is 2.82. The van der Waals surface area contributed by atoms with Crippen molar-refractivity contribution in [3.05, 3.63) is 63.4 Å². The molecule has 0 saturated heterocycles. The van der Waals surface area contributed by atoms with Crippen molar-refractivity contribution in [2.24, 2.45) is 0 Å². The summed E-state index contributed by atoms with van der Waals surface area (Å²) in [6, 6.07) is 11.0. The molecule has 19 heavy (non-hydrogen) atoms. The Morgan fingerprint density at radius 2 is 1.79 bits per heavy atom. The smallest absolute Gasteiger partial charge is 0.106 e. The number of rotatable bonds is 2. The number of fused-ring (bicyclic) bond motifs is 1. The molecular formula is C16H17BrN2. The third-order valence-electron chi connectivity index (χ3n) is 3.61. The first kappa shape index (κ1) is 12.8. The van der Waals surface area contributed by atoms with Gasteiger partial charge in [0.1, 0.15) is 4.60 Å². The summed E-state index contributed by atoms with van der Waals surface area (Å²) in [6.45, 7) is 2.19. The van der Waals surface area contributed by atoms with Gasteiger partial charge in [-0.05, 0) is 76.6 Å². The van der Waals surface area contributed by atoms with E-state index in [0.29, 0.717) is 0 Å². The summed E-state index contributed by atoms with van der Waals surface area (Å²) in [4.78, 5) is 4.28. The SMILES string of the molecule is Brc1ccc(Cc2ccc3c(c2)CCNCC3)cn1. The summed E-state index contributed by atoms with van der Waals surface area (Å²) < 4.78 is 0.893. The van der Waals surface area contributed by atoms with Crippen molar-refractivity contribution in [1.29, 1.82) is 0 Å². The molecule has 3 rings (SSSR count). The molecule has 3 heteroatoms. The average molecular weight is 317 g/mol. The van der Waals surface area contributed by atoms with E-state index in [0.717, 1.165) is 37.0 Å². The minimum absolute atomic E-state index is 0.893. The van der Waals surface area contributed by atoms with Crippen LogP contribution in [-0.2, 0) is 19.3 Å². The predicted octanol–water partition coefficient (Wildman–Crippen LogP) is 3.12. The van der Waals surface area contributed by atoms with Gasteiger partial charge in [-0.2, -0.15) is 0 Å². The molecular weight excluding hydrogens is 300 g/mol. The Hall–Kier alpha value is -1.19. The second-order valence-electron chi connectivity index (χ2n) is 5.02. The van der Waals surface area contributed by atoms with Crippen molar-refractivity contribution in [3.63, 3.8) is 0 Å². The maximum absolute atomic E-state index is 4.28. The van der Waals surface area contributed by atoms with E-state index in [-0.39, 0.29) is 0 Å². The van der Waals surface area contributed by atoms with Gasteiger partial charge in [-0.25, -0.2) is 4.98 Å². The van der Waals surface area contributed by atoms with Crippen LogP contribution >= 0.6 is 15.9 Å². The summed E-state index contributed by atoms with van der Waals surface area (Å²) in [6.07, 6.45) is 5.19. The van der Waals surface area contributed by atoms with Gasteiger partial charge < -0.3 is 5.32 Å². The highest BCUT2D eigenvalue weighted by Crippen LogP contribution is 2.18. The first-order chi connectivity index (χ1) is 9.31. The Morgan fingerprint density at radius 1 is 1.00 bits per heavy atom. The molecule has 2 nitrogen and oxygen atoms in total. The maximum Gasteiger partial charge on any atom is 0.106 e. The molecule has 1 aromatic carbocycles. The van der Waals surface area contributed by atoms with Crippen LogP contribution in [0.25, 0.3) is 0 Å². The lowest BCUT2D eigenvalue weighted by Crippen LogP contribution is -2.16. The highest BCUT2D eigenvalue weighted by atomic mass is 79.9. The van der Waals surface area contributed by atoms with Crippen LogP contribution in [0, 0.1) is 0 Å². The van der Waals surface area contributed by atoms with E-state index in [1.165, 1.54) is 22.3 Å². The fraction of sp³-hybridized carbons (Fsp3) is 0.312. The molecule has 0 saturated carbocycles. The molecule has 0 atom stereocenters. The van der Waals surface area contributed by atoms with Gasteiger partial charge in [-0.15, -0.1) is 0 Å². The van der Waals surface area contributed by atoms with Gasteiger partial charge in [0.25, 0.3) is 0 Å². The van der Waals surface area contributed by atoms with E-state index in [2.05, 4.69) is 50.5 Å². The number of halogens is 1. The van der Waals surface area contributed by atoms with Gasteiger partial charge in [-0.3, -0.25) is 0 Å². The van der Waals surface area contributed by atoms with Crippen molar-refractivity contribution in [3.8, 4) is 0 Å². The Morgan fingerprint density at radius 3 is 2.58 bits per heavy atom. The molecule has 1 aliphatic rings. The molecule has 2 aromatic rings. The predicted molar refractivity (Wildman–Crippen MR) is 81.5 cm³/mol. The molecule has 1 aromatic heterocycles. The number of pyridine rings is 1. The van der Waals surface area contributed by atoms with Gasteiger partial charge in [-0.1, -0.05) is 24.3 Å². The molecule has 0 bridgehead atoms. The van der Waals surface area contributed by atoms with Gasteiger partial charge >= 0.3 is 0 Å². The fourth-order valence-electron chi connectivity index (χ4n) is 2.58. The minimum atomic E-state index is 0.893. The third-order valence-corrected chi connectivity index (χ3v) is 4.08. The molecule has 0 radical (unpaired) electrons. The monoisotopic (exact) mass is 316 g/mol. The zero-order valence-corrected chi connectivity index (χ0v) is 12.4. The highest BCUT2D eigenvalue weighted by molar-refractivity contribution is 9.10. The van der Waals surface area contributed by atoms with Crippen molar-refractivity contribution in [2.75, 3.05) is 13.1 Å². The summed E-state index contributed by atoms with van der Waals surface area (Å²) in [5.74, 6) is 0. The maximum atomic E-state index is 4.28. The van der Waals surface area contributed by atoms with Crippen LogP contribution < -0.4 is 5.32 Å². The van der Waals surface area contributed by atoms with E-state index in [1.807, 2.05) is 12.3 Å². The van der Waals surface area contributed by atoms with E-state index in [9.17, 15) is 0 Å². The molecule has 0 unspecified atom stereocenters. The number of hydrogen-bond donors (Lipinski definition) is 1. The van der Waals surface area contributed by atoms with E-state index >= 15 is 0 Å². The quantitative estimate of drug-likeness (QED) is 0.861. The topological polar surface area (TPSA) is 24.9 Å². The number of aromatic nitrogens is 1. The second-order valence-corrected chi connectivity index (χ2v) is 5.83. The van der Waals surface area contributed by atoms with Crippen LogP contribution in [0.4, 0.5) is 0 Å². The second kappa shape index (κ2) is 5.85. The van der Waals surface area contributed by atoms with E-state index < -0.39 is 0 Å². The van der Waals surface area contributed by atoms with Crippen LogP contribution in [0.3, 0.4) is 0 Å². The highest BCUT2D eigenvalue weighted by Gasteiger charge is 2.08. The number of hydrogen-bond acceptors (Lipinski definition) is 2. The molecule has 0 fully saturated rings. The van der Waals surface area contributed by atoms with Crippen LogP contribution in [0.1, 0.15) is 22.3 Å². The van der Waals surface area contributed by atoms with Gasteiger partial charge in [0, 0.05) is 6.20 Å². The molecule has 1 aliphatic heterocycles. The summed E-state index contributed by atoms with van der Waals surface area (Å²) in [5.41, 5.74) is 5.65. The van der Waals surface area contributed by atoms with Crippen LogP contribution in [0.5, 0.6) is 0 Å². The Bertz CT molecular complexity index is 563. The summed E-state index contributed by atoms with van der Waals surface area (Å²) >= 11 is 3.37. The van der Waals surface area contributed by atoms with Crippen LogP contribution in [0.2, 0.25) is 0 Å². The first-order valence-electron chi connectivity index (χ1n) is 6.73. The molecule has 98 valence electrons. The average Bonchev–Trinajstić information content (AvgIpc) is 2.66. The Labute approximate surface area is 122 Å². The molecule has 0 amide bonds. The number of nitrogens with zero attached hydrogens (tertiary/aromatic N) is 1. The van der Waals surface area contributed by atoms with Crippen LogP contribution in [0.15, 0.2) is 41.1 Å². The lowest BCUT2D eigenvalue weighted by atomic mass is 9.97. The molecule has 1 N–H and O–H groups in total. The standard InChI is InChI=1S/C16H17BrN2/c17-16-4-2-13(11-19-16)9-12-1-3-14-5-7-18-8-6-15(14)10-12/h1-4,10-11,18H,5-9H2. The summed E-state index contributed by atoms with van der Waals surface area (Å²) in [5, 5.41) is 3.45. The van der Waals surface area contributed by atoms with Crippen LogP contribution in [-0.4, -0.2) is 18.1 Å². The van der Waals surface area contributed by atoms with Gasteiger partial charge in [0.05, 0.1) is 0 Å². The summed E-state index contributed by atoms with van der Waals surface area (Å²) in [7, 11) is 0. The third kappa shape index (κ3) is 3.23. The number of nitrogens with one attached hydrogen (secondary N) is 1. The zero-order chi connectivity index (χ0) is 13.1. The van der Waals surface area contributed by atoms with Gasteiger partial charge in [0.2, 0.25) is 0 Å². The minimum Gasteiger partial charge on any atom is -0.316 e. The first-order valence-corrected chi connectivity index (χ1v) is 7.52. The normalized spacial score (nSPS) is 14.8. The molecule has 0 spiro atoms. The van der Waals surface area contributed by atoms with E-state index in [4.69, 9.17) is 0 Å². The lowest BCUT2D eigenvalue weighted by Gasteiger charge is -2.08. The van der Waals surface area contributed by atoms with Crippen molar-refractivity contribution in [1.82, 2.24) is 10.3 Å². The largest absolute Gasteiger partial charge is 0.316 e. The Balaban J connectivity index is 1.81. The lowest BCUT2D eigenvalue weighted by molar-refractivity contribution is 0.711. The van der Waals surface area contributed by atoms with Crippen molar-refractivity contribution in [2.45, 2.75) is 19.3 Å². The van der Waals surface area contributed by atoms with E-state index in [1.54, 1.807) is 0 Å². The van der Waals surface area contributed by atoms with Crippen molar-refractivity contribution < 1.29 is 0 Å². The molecule has 2 heterocycles. The number of benzene rings is 1.